The van der Waals surface area contributed by atoms with Crippen LogP contribution in [-0.2, 0) is 19.2 Å². The van der Waals surface area contributed by atoms with Crippen LogP contribution in [0.15, 0.2) is 28.7 Å². The number of benzene rings is 1. The average Bonchev–Trinajstić information content (AvgIpc) is 2.95. The molecule has 0 amide bonds. The first kappa shape index (κ1) is 34.1. The number of hydrogen-bond acceptors (Lipinski definition) is 7. The van der Waals surface area contributed by atoms with Crippen LogP contribution in [0.1, 0.15) is 126 Å². The second-order valence-corrected chi connectivity index (χ2v) is 17.0. The maximum absolute atomic E-state index is 14.3. The molecule has 0 N–H and O–H groups in total. The molecule has 0 bridgehead atoms. The number of fused-ring (bicyclic) bond motifs is 3. The molecule has 7 heteroatoms. The van der Waals surface area contributed by atoms with Gasteiger partial charge in [0.05, 0.1) is 28.3 Å². The minimum absolute atomic E-state index is 0.0505. The van der Waals surface area contributed by atoms with Crippen molar-refractivity contribution in [3.63, 3.8) is 0 Å². The van der Waals surface area contributed by atoms with Crippen LogP contribution in [0.3, 0.4) is 0 Å². The summed E-state index contributed by atoms with van der Waals surface area (Å²) in [5, 5.41) is 0. The van der Waals surface area contributed by atoms with E-state index in [1.807, 2.05) is 33.8 Å². The van der Waals surface area contributed by atoms with E-state index in [1.165, 1.54) is 0 Å². The number of ketones is 4. The van der Waals surface area contributed by atoms with Gasteiger partial charge in [-0.1, -0.05) is 41.5 Å². The van der Waals surface area contributed by atoms with Crippen LogP contribution in [0.5, 0.6) is 17.2 Å². The van der Waals surface area contributed by atoms with Gasteiger partial charge in [0.2, 0.25) is 0 Å². The van der Waals surface area contributed by atoms with E-state index >= 15 is 0 Å². The SMILES string of the molecule is CC(C)CCOc1cc2c(c3c1[C@H](C(C)C)C1=C(O3)C(C)(C)C(=O)C(C)(C)C1=O)[C@@H](C(C)C)C1=C(O2)C(C)(C)C(=O)C(C)(C)C1=O. The standard InChI is InChI=1S/C39H52O7/c1-18(2)15-16-44-21-17-22-26(24(20(5)6)27-30(40)36(7,8)34(42)38(11,12)32(27)45-22)29-25(21)23(19(3)4)28-31(41)37(9,10)35(43)39(13,14)33(28)46-29/h17-20,23-24H,15-16H2,1-14H3/t23-,24+/m0/s1. The number of rotatable bonds is 6. The van der Waals surface area contributed by atoms with Gasteiger partial charge >= 0.3 is 0 Å². The molecule has 0 fully saturated rings. The molecule has 4 aliphatic rings. The van der Waals surface area contributed by atoms with Gasteiger partial charge < -0.3 is 14.2 Å². The molecular formula is C39H52O7. The van der Waals surface area contributed by atoms with E-state index in [0.717, 1.165) is 12.0 Å². The summed E-state index contributed by atoms with van der Waals surface area (Å²) in [5.74, 6) is 0.810. The maximum atomic E-state index is 14.3. The van der Waals surface area contributed by atoms with Crippen molar-refractivity contribution in [2.24, 2.45) is 39.4 Å². The van der Waals surface area contributed by atoms with Crippen molar-refractivity contribution in [2.75, 3.05) is 6.61 Å². The molecule has 2 aliphatic heterocycles. The van der Waals surface area contributed by atoms with Crippen molar-refractivity contribution in [1.29, 1.82) is 0 Å². The molecule has 46 heavy (non-hydrogen) atoms. The molecule has 1 aromatic carbocycles. The summed E-state index contributed by atoms with van der Waals surface area (Å²) in [7, 11) is 0. The number of carbonyl (C=O) groups excluding carboxylic acids is 4. The predicted octanol–water partition coefficient (Wildman–Crippen LogP) is 8.29. The zero-order chi connectivity index (χ0) is 34.6. The summed E-state index contributed by atoms with van der Waals surface area (Å²) >= 11 is 0. The van der Waals surface area contributed by atoms with Crippen LogP contribution in [0.4, 0.5) is 0 Å². The van der Waals surface area contributed by atoms with Crippen LogP contribution >= 0.6 is 0 Å². The third kappa shape index (κ3) is 4.57. The first-order valence-corrected chi connectivity index (χ1v) is 16.9. The van der Waals surface area contributed by atoms with Crippen molar-refractivity contribution < 1.29 is 33.4 Å². The molecule has 0 radical (unpaired) electrons. The number of ether oxygens (including phenoxy) is 3. The van der Waals surface area contributed by atoms with Gasteiger partial charge in [0.1, 0.15) is 28.8 Å². The Kier molecular flexibility index (Phi) is 7.90. The summed E-state index contributed by atoms with van der Waals surface area (Å²) in [4.78, 5) is 56.2. The highest BCUT2D eigenvalue weighted by Crippen LogP contribution is 2.63. The average molecular weight is 633 g/mol. The van der Waals surface area contributed by atoms with Crippen molar-refractivity contribution >= 4 is 23.1 Å². The maximum Gasteiger partial charge on any atom is 0.175 e. The smallest absolute Gasteiger partial charge is 0.175 e. The zero-order valence-electron chi connectivity index (χ0n) is 30.2. The van der Waals surface area contributed by atoms with Gasteiger partial charge in [-0.2, -0.15) is 0 Å². The molecule has 2 aliphatic carbocycles. The monoisotopic (exact) mass is 632 g/mol. The normalized spacial score (nSPS) is 25.7. The second kappa shape index (κ2) is 10.6. The van der Waals surface area contributed by atoms with Crippen LogP contribution < -0.4 is 14.2 Å². The summed E-state index contributed by atoms with van der Waals surface area (Å²) < 4.78 is 20.2. The van der Waals surface area contributed by atoms with Gasteiger partial charge in [-0.05, 0) is 79.6 Å². The molecule has 250 valence electrons. The van der Waals surface area contributed by atoms with Gasteiger partial charge in [0, 0.05) is 40.2 Å². The van der Waals surface area contributed by atoms with E-state index in [4.69, 9.17) is 14.2 Å². The molecule has 2 heterocycles. The highest BCUT2D eigenvalue weighted by atomic mass is 16.5. The lowest BCUT2D eigenvalue weighted by atomic mass is 9.58. The number of hydrogen-bond donors (Lipinski definition) is 0. The van der Waals surface area contributed by atoms with E-state index in [1.54, 1.807) is 27.7 Å². The number of allylic oxidation sites excluding steroid dienone is 4. The molecule has 2 atom stereocenters. The Morgan fingerprint density at radius 1 is 0.652 bits per heavy atom. The first-order chi connectivity index (χ1) is 21.0. The highest BCUT2D eigenvalue weighted by molar-refractivity contribution is 6.21. The largest absolute Gasteiger partial charge is 0.493 e. The van der Waals surface area contributed by atoms with Gasteiger partial charge in [0.15, 0.2) is 23.1 Å². The number of carbonyl (C=O) groups is 4. The Morgan fingerprint density at radius 3 is 1.52 bits per heavy atom. The molecule has 7 nitrogen and oxygen atoms in total. The van der Waals surface area contributed by atoms with Crippen molar-refractivity contribution in [3.05, 3.63) is 39.9 Å². The highest BCUT2D eigenvalue weighted by Gasteiger charge is 2.60. The minimum atomic E-state index is -1.23. The third-order valence-corrected chi connectivity index (χ3v) is 10.7. The quantitative estimate of drug-likeness (QED) is 0.291. The van der Waals surface area contributed by atoms with Crippen molar-refractivity contribution in [2.45, 2.75) is 115 Å². The summed E-state index contributed by atoms with van der Waals surface area (Å²) in [6, 6.07) is 1.87. The van der Waals surface area contributed by atoms with E-state index in [0.29, 0.717) is 58.0 Å². The molecule has 0 saturated carbocycles. The summed E-state index contributed by atoms with van der Waals surface area (Å²) in [6.45, 7) is 27.1. The Morgan fingerprint density at radius 2 is 1.09 bits per heavy atom. The van der Waals surface area contributed by atoms with E-state index < -0.39 is 33.5 Å². The number of Topliss-reactive ketones (excluding diaryl/α,β-unsaturated/α-hetero) is 4. The fourth-order valence-corrected chi connectivity index (χ4v) is 8.24. The lowest BCUT2D eigenvalue weighted by Crippen LogP contribution is -2.53. The topological polar surface area (TPSA) is 96.0 Å². The Labute approximate surface area is 274 Å². The Hall–Kier alpha value is -3.22. The van der Waals surface area contributed by atoms with Gasteiger partial charge in [-0.25, -0.2) is 0 Å². The first-order valence-electron chi connectivity index (χ1n) is 16.9. The molecular weight excluding hydrogens is 580 g/mol. The summed E-state index contributed by atoms with van der Waals surface area (Å²) in [6.07, 6.45) is 0.816. The van der Waals surface area contributed by atoms with Crippen LogP contribution in [0.2, 0.25) is 0 Å². The van der Waals surface area contributed by atoms with E-state index in [-0.39, 0.29) is 35.0 Å². The van der Waals surface area contributed by atoms with E-state index in [9.17, 15) is 19.2 Å². The third-order valence-electron chi connectivity index (χ3n) is 10.7. The van der Waals surface area contributed by atoms with Crippen molar-refractivity contribution in [3.8, 4) is 17.2 Å². The molecule has 0 saturated heterocycles. The molecule has 0 spiro atoms. The Balaban J connectivity index is 1.88. The lowest BCUT2D eigenvalue weighted by molar-refractivity contribution is -0.146. The predicted molar refractivity (Wildman–Crippen MR) is 177 cm³/mol. The molecule has 0 unspecified atom stereocenters. The van der Waals surface area contributed by atoms with Gasteiger partial charge in [0.25, 0.3) is 0 Å². The fraction of sp³-hybridized carbons (Fsp3) is 0.641. The van der Waals surface area contributed by atoms with Crippen molar-refractivity contribution in [1.82, 2.24) is 0 Å². The fourth-order valence-electron chi connectivity index (χ4n) is 8.24. The van der Waals surface area contributed by atoms with Crippen LogP contribution in [-0.4, -0.2) is 29.7 Å². The molecule has 0 aromatic heterocycles. The second-order valence-electron chi connectivity index (χ2n) is 17.0. The van der Waals surface area contributed by atoms with Crippen LogP contribution in [0.25, 0.3) is 0 Å². The summed E-state index contributed by atoms with van der Waals surface area (Å²) in [5.41, 5.74) is -2.11. The van der Waals surface area contributed by atoms with Crippen LogP contribution in [0, 0.1) is 39.4 Å². The molecule has 5 rings (SSSR count). The zero-order valence-corrected chi connectivity index (χ0v) is 30.2. The van der Waals surface area contributed by atoms with Gasteiger partial charge in [-0.15, -0.1) is 0 Å². The minimum Gasteiger partial charge on any atom is -0.493 e. The van der Waals surface area contributed by atoms with Gasteiger partial charge in [-0.3, -0.25) is 19.2 Å². The lowest BCUT2D eigenvalue weighted by Gasteiger charge is -2.48. The molecule has 1 aromatic rings. The van der Waals surface area contributed by atoms with E-state index in [2.05, 4.69) is 41.5 Å². The Bertz CT molecular complexity index is 1620.